The molecule has 2 amide bonds. The van der Waals surface area contributed by atoms with Gasteiger partial charge in [-0.05, 0) is 18.6 Å². The Morgan fingerprint density at radius 3 is 2.21 bits per heavy atom. The molecule has 3 nitrogen and oxygen atoms in total. The lowest BCUT2D eigenvalue weighted by Crippen LogP contribution is -2.34. The molecule has 1 aliphatic rings. The number of benzene rings is 1. The van der Waals surface area contributed by atoms with Gasteiger partial charge in [0.2, 0.25) is 0 Å². The van der Waals surface area contributed by atoms with E-state index in [2.05, 4.69) is 22.9 Å². The standard InChI is InChI=1S/C15H18BrNO2/c1-2-3-4-7-11(16)10-17-14(18)12-8-5-6-9-13(12)15(17)19/h5-6,8-9,11H,2-4,7,10H2,1H3. The Kier molecular flexibility index (Phi) is 4.75. The van der Waals surface area contributed by atoms with Crippen molar-refractivity contribution in [2.24, 2.45) is 0 Å². The van der Waals surface area contributed by atoms with Gasteiger partial charge in [-0.25, -0.2) is 0 Å². The first-order valence-electron chi connectivity index (χ1n) is 6.74. The second kappa shape index (κ2) is 6.33. The fraction of sp³-hybridized carbons (Fsp3) is 0.467. The van der Waals surface area contributed by atoms with Crippen molar-refractivity contribution in [3.05, 3.63) is 35.4 Å². The van der Waals surface area contributed by atoms with Gasteiger partial charge in [-0.3, -0.25) is 14.5 Å². The number of unbranched alkanes of at least 4 members (excludes halogenated alkanes) is 2. The van der Waals surface area contributed by atoms with Crippen LogP contribution in [0.5, 0.6) is 0 Å². The Morgan fingerprint density at radius 1 is 1.11 bits per heavy atom. The fourth-order valence-corrected chi connectivity index (χ4v) is 2.92. The van der Waals surface area contributed by atoms with Crippen molar-refractivity contribution in [1.29, 1.82) is 0 Å². The smallest absolute Gasteiger partial charge is 0.261 e. The van der Waals surface area contributed by atoms with Gasteiger partial charge in [0.15, 0.2) is 0 Å². The van der Waals surface area contributed by atoms with E-state index in [0.717, 1.165) is 12.8 Å². The van der Waals surface area contributed by atoms with Crippen LogP contribution in [0, 0.1) is 0 Å². The molecule has 1 heterocycles. The van der Waals surface area contributed by atoms with Crippen LogP contribution >= 0.6 is 15.9 Å². The average molecular weight is 324 g/mol. The summed E-state index contributed by atoms with van der Waals surface area (Å²) in [4.78, 5) is 25.9. The zero-order valence-electron chi connectivity index (χ0n) is 11.1. The third-order valence-electron chi connectivity index (χ3n) is 3.38. The van der Waals surface area contributed by atoms with Crippen molar-refractivity contribution >= 4 is 27.7 Å². The monoisotopic (exact) mass is 323 g/mol. The second-order valence-electron chi connectivity index (χ2n) is 4.86. The molecule has 1 atom stereocenters. The molecule has 1 unspecified atom stereocenters. The maximum atomic E-state index is 12.2. The zero-order chi connectivity index (χ0) is 13.8. The van der Waals surface area contributed by atoms with Crippen LogP contribution < -0.4 is 0 Å². The first-order valence-corrected chi connectivity index (χ1v) is 7.66. The highest BCUT2D eigenvalue weighted by molar-refractivity contribution is 9.09. The van der Waals surface area contributed by atoms with Crippen LogP contribution in [-0.4, -0.2) is 28.1 Å². The van der Waals surface area contributed by atoms with Gasteiger partial charge in [0, 0.05) is 11.4 Å². The molecule has 4 heteroatoms. The third kappa shape index (κ3) is 3.06. The van der Waals surface area contributed by atoms with Crippen molar-refractivity contribution in [3.8, 4) is 0 Å². The Balaban J connectivity index is 2.00. The van der Waals surface area contributed by atoms with Crippen LogP contribution in [0.1, 0.15) is 53.3 Å². The predicted molar refractivity (Wildman–Crippen MR) is 78.7 cm³/mol. The summed E-state index contributed by atoms with van der Waals surface area (Å²) in [6.45, 7) is 2.61. The molecule has 102 valence electrons. The van der Waals surface area contributed by atoms with E-state index in [1.165, 1.54) is 17.7 Å². The van der Waals surface area contributed by atoms with Crippen molar-refractivity contribution in [2.45, 2.75) is 37.4 Å². The number of halogens is 1. The van der Waals surface area contributed by atoms with E-state index in [0.29, 0.717) is 17.7 Å². The van der Waals surface area contributed by atoms with E-state index in [1.54, 1.807) is 24.3 Å². The fourth-order valence-electron chi connectivity index (χ4n) is 2.31. The topological polar surface area (TPSA) is 37.4 Å². The lowest BCUT2D eigenvalue weighted by atomic mass is 10.1. The number of carbonyl (C=O) groups is 2. The summed E-state index contributed by atoms with van der Waals surface area (Å²) in [6.07, 6.45) is 4.47. The van der Waals surface area contributed by atoms with Crippen LogP contribution in [0.25, 0.3) is 0 Å². The quantitative estimate of drug-likeness (QED) is 0.455. The molecule has 0 saturated heterocycles. The van der Waals surface area contributed by atoms with E-state index < -0.39 is 0 Å². The summed E-state index contributed by atoms with van der Waals surface area (Å²) >= 11 is 3.57. The number of nitrogens with zero attached hydrogens (tertiary/aromatic N) is 1. The lowest BCUT2D eigenvalue weighted by Gasteiger charge is -2.18. The van der Waals surface area contributed by atoms with E-state index in [1.807, 2.05) is 0 Å². The van der Waals surface area contributed by atoms with Gasteiger partial charge in [0.25, 0.3) is 11.8 Å². The van der Waals surface area contributed by atoms with E-state index in [-0.39, 0.29) is 16.6 Å². The van der Waals surface area contributed by atoms with Crippen LogP contribution in [0.4, 0.5) is 0 Å². The van der Waals surface area contributed by atoms with Gasteiger partial charge in [0.05, 0.1) is 11.1 Å². The molecule has 0 spiro atoms. The Morgan fingerprint density at radius 2 is 1.68 bits per heavy atom. The lowest BCUT2D eigenvalue weighted by molar-refractivity contribution is 0.0654. The third-order valence-corrected chi connectivity index (χ3v) is 4.13. The molecule has 0 fully saturated rings. The van der Waals surface area contributed by atoms with Gasteiger partial charge >= 0.3 is 0 Å². The first kappa shape index (κ1) is 14.3. The predicted octanol–water partition coefficient (Wildman–Crippen LogP) is 3.63. The number of alkyl halides is 1. The second-order valence-corrected chi connectivity index (χ2v) is 6.15. The highest BCUT2D eigenvalue weighted by atomic mass is 79.9. The number of amides is 2. The van der Waals surface area contributed by atoms with Gasteiger partial charge in [-0.15, -0.1) is 0 Å². The number of hydrogen-bond acceptors (Lipinski definition) is 2. The molecule has 0 aliphatic carbocycles. The molecule has 0 saturated carbocycles. The summed E-state index contributed by atoms with van der Waals surface area (Å²) in [5, 5.41) is 0. The molecule has 0 N–H and O–H groups in total. The maximum absolute atomic E-state index is 12.2. The Bertz CT molecular complexity index is 452. The van der Waals surface area contributed by atoms with Gasteiger partial charge in [0.1, 0.15) is 0 Å². The Labute approximate surface area is 122 Å². The van der Waals surface area contributed by atoms with E-state index in [9.17, 15) is 9.59 Å². The SMILES string of the molecule is CCCCCC(Br)CN1C(=O)c2ccccc2C1=O. The summed E-state index contributed by atoms with van der Waals surface area (Å²) in [7, 11) is 0. The molecule has 2 rings (SSSR count). The highest BCUT2D eigenvalue weighted by Crippen LogP contribution is 2.24. The molecule has 0 bridgehead atoms. The molecular weight excluding hydrogens is 306 g/mol. The van der Waals surface area contributed by atoms with Crippen molar-refractivity contribution < 1.29 is 9.59 Å². The van der Waals surface area contributed by atoms with Crippen LogP contribution in [0.3, 0.4) is 0 Å². The van der Waals surface area contributed by atoms with Crippen LogP contribution in [-0.2, 0) is 0 Å². The minimum Gasteiger partial charge on any atom is -0.273 e. The number of rotatable bonds is 6. The number of fused-ring (bicyclic) bond motifs is 1. The van der Waals surface area contributed by atoms with Crippen LogP contribution in [0.15, 0.2) is 24.3 Å². The number of hydrogen-bond donors (Lipinski definition) is 0. The zero-order valence-corrected chi connectivity index (χ0v) is 12.6. The number of imide groups is 1. The number of carbonyl (C=O) groups excluding carboxylic acids is 2. The minimum absolute atomic E-state index is 0.166. The molecule has 1 aromatic carbocycles. The van der Waals surface area contributed by atoms with Gasteiger partial charge < -0.3 is 0 Å². The summed E-state index contributed by atoms with van der Waals surface area (Å²) in [5.41, 5.74) is 1.06. The molecular formula is C15H18BrNO2. The molecule has 0 aromatic heterocycles. The van der Waals surface area contributed by atoms with Crippen LogP contribution in [0.2, 0.25) is 0 Å². The van der Waals surface area contributed by atoms with Gasteiger partial charge in [-0.1, -0.05) is 54.2 Å². The summed E-state index contributed by atoms with van der Waals surface area (Å²) in [6, 6.07) is 7.02. The largest absolute Gasteiger partial charge is 0.273 e. The van der Waals surface area contributed by atoms with E-state index >= 15 is 0 Å². The summed E-state index contributed by atoms with van der Waals surface area (Å²) < 4.78 is 0. The molecule has 1 aromatic rings. The Hall–Kier alpha value is -1.16. The van der Waals surface area contributed by atoms with Crippen molar-refractivity contribution in [3.63, 3.8) is 0 Å². The first-order chi connectivity index (χ1) is 9.15. The van der Waals surface area contributed by atoms with E-state index in [4.69, 9.17) is 0 Å². The van der Waals surface area contributed by atoms with Crippen molar-refractivity contribution in [2.75, 3.05) is 6.54 Å². The average Bonchev–Trinajstić information content (AvgIpc) is 2.65. The molecule has 0 radical (unpaired) electrons. The van der Waals surface area contributed by atoms with Gasteiger partial charge in [-0.2, -0.15) is 0 Å². The highest BCUT2D eigenvalue weighted by Gasteiger charge is 2.35. The molecule has 19 heavy (non-hydrogen) atoms. The molecule has 1 aliphatic heterocycles. The summed E-state index contributed by atoms with van der Waals surface area (Å²) in [5.74, 6) is -0.332. The maximum Gasteiger partial charge on any atom is 0.261 e. The normalized spacial score (nSPS) is 15.8. The minimum atomic E-state index is -0.166. The van der Waals surface area contributed by atoms with Crippen molar-refractivity contribution in [1.82, 2.24) is 4.90 Å².